The van der Waals surface area contributed by atoms with Gasteiger partial charge >= 0.3 is 17.9 Å². The summed E-state index contributed by atoms with van der Waals surface area (Å²) in [5.41, 5.74) is 13.0. The summed E-state index contributed by atoms with van der Waals surface area (Å²) in [6.07, 6.45) is -1.58. The van der Waals surface area contributed by atoms with Gasteiger partial charge in [0, 0.05) is 30.8 Å². The van der Waals surface area contributed by atoms with Crippen LogP contribution in [0.1, 0.15) is 42.1 Å². The molecule has 3 atom stereocenters. The molecule has 1 unspecified atom stereocenters. The van der Waals surface area contributed by atoms with Crippen molar-refractivity contribution in [3.05, 3.63) is 63.9 Å². The number of nitrogens with one attached hydrogen (secondary N) is 2. The molecule has 3 aromatic rings. The van der Waals surface area contributed by atoms with Crippen LogP contribution in [0.3, 0.4) is 0 Å². The van der Waals surface area contributed by atoms with Gasteiger partial charge in [0.15, 0.2) is 5.78 Å². The summed E-state index contributed by atoms with van der Waals surface area (Å²) < 4.78 is 0. The van der Waals surface area contributed by atoms with Gasteiger partial charge in [-0.1, -0.05) is 6.07 Å². The Kier molecular flexibility index (Phi) is 10.5. The minimum atomic E-state index is -1.87. The van der Waals surface area contributed by atoms with Crippen LogP contribution in [0.25, 0.3) is 10.9 Å². The molecule has 1 amide bonds. The van der Waals surface area contributed by atoms with Crippen LogP contribution in [-0.4, -0.2) is 73.5 Å². The molecule has 15 heteroatoms. The maximum absolute atomic E-state index is 12.9. The van der Waals surface area contributed by atoms with E-state index in [-0.39, 0.29) is 23.5 Å². The number of nitrogen functional groups attached to an aromatic ring is 1. The number of nitrogens with zero attached hydrogens (tertiary/aromatic N) is 2. The Morgan fingerprint density at radius 3 is 2.28 bits per heavy atom. The normalized spacial score (nSPS) is 13.1. The van der Waals surface area contributed by atoms with E-state index in [9.17, 15) is 39.0 Å². The highest BCUT2D eigenvalue weighted by Gasteiger charge is 2.36. The number of ketones is 1. The molecular weight excluding hydrogens is 564 g/mol. The number of benzene rings is 2. The number of H-pyrrole nitrogens is 1. The monoisotopic (exact) mass is 596 g/mol. The van der Waals surface area contributed by atoms with E-state index in [1.54, 1.807) is 24.3 Å². The van der Waals surface area contributed by atoms with Crippen molar-refractivity contribution in [2.75, 3.05) is 17.2 Å². The fourth-order valence-corrected chi connectivity index (χ4v) is 4.45. The largest absolute Gasteiger partial charge is 0.481 e. The highest BCUT2D eigenvalue weighted by molar-refractivity contribution is 6.02. The third-order valence-corrected chi connectivity index (χ3v) is 6.79. The van der Waals surface area contributed by atoms with E-state index in [1.165, 1.54) is 12.1 Å². The molecule has 0 saturated heterocycles. The van der Waals surface area contributed by atoms with Crippen LogP contribution in [0.4, 0.5) is 11.6 Å². The lowest BCUT2D eigenvalue weighted by molar-refractivity contribution is -0.148. The van der Waals surface area contributed by atoms with Gasteiger partial charge in [-0.2, -0.15) is 0 Å². The van der Waals surface area contributed by atoms with Gasteiger partial charge < -0.3 is 37.0 Å². The van der Waals surface area contributed by atoms with Crippen molar-refractivity contribution >= 4 is 52.1 Å². The van der Waals surface area contributed by atoms with Crippen molar-refractivity contribution in [1.29, 1.82) is 0 Å². The topological polar surface area (TPSA) is 259 Å². The number of Topliss-reactive ketones (excluding diaryl/α,β-unsaturated/α-hetero) is 1. The smallest absolute Gasteiger partial charge is 0.326 e. The zero-order valence-corrected chi connectivity index (χ0v) is 23.1. The Labute approximate surface area is 244 Å². The lowest BCUT2D eigenvalue weighted by Crippen LogP contribution is -2.47. The maximum atomic E-state index is 12.9. The number of carbonyl (C=O) groups is 5. The molecular formula is C28H32N6O9. The summed E-state index contributed by atoms with van der Waals surface area (Å²) in [5, 5.41) is 30.5. The van der Waals surface area contributed by atoms with E-state index in [1.807, 2.05) is 17.9 Å². The molecule has 228 valence electrons. The van der Waals surface area contributed by atoms with Crippen molar-refractivity contribution in [2.24, 2.45) is 11.7 Å². The second-order valence-corrected chi connectivity index (χ2v) is 9.80. The molecule has 0 aliphatic heterocycles. The van der Waals surface area contributed by atoms with E-state index in [0.717, 1.165) is 11.3 Å². The second-order valence-electron chi connectivity index (χ2n) is 9.80. The van der Waals surface area contributed by atoms with E-state index in [4.69, 9.17) is 16.6 Å². The van der Waals surface area contributed by atoms with E-state index in [2.05, 4.69) is 15.3 Å². The van der Waals surface area contributed by atoms with Crippen LogP contribution >= 0.6 is 0 Å². The molecule has 0 fully saturated rings. The predicted octanol–water partition coefficient (Wildman–Crippen LogP) is 0.567. The summed E-state index contributed by atoms with van der Waals surface area (Å²) in [6, 6.07) is 8.29. The zero-order chi connectivity index (χ0) is 31.8. The second kappa shape index (κ2) is 14.0. The first-order chi connectivity index (χ1) is 20.3. The number of carboxylic acid groups (broad SMARTS) is 3. The summed E-state index contributed by atoms with van der Waals surface area (Å²) in [6.45, 7) is 2.91. The summed E-state index contributed by atoms with van der Waals surface area (Å²) >= 11 is 0. The maximum Gasteiger partial charge on any atom is 0.326 e. The quantitative estimate of drug-likeness (QED) is 0.118. The number of aromatic amines is 1. The van der Waals surface area contributed by atoms with Crippen LogP contribution in [0.5, 0.6) is 0 Å². The van der Waals surface area contributed by atoms with Crippen molar-refractivity contribution < 1.29 is 39.3 Å². The number of hydrogen-bond donors (Lipinski definition) is 7. The lowest BCUT2D eigenvalue weighted by Gasteiger charge is -2.24. The van der Waals surface area contributed by atoms with E-state index in [0.29, 0.717) is 24.0 Å². The molecule has 0 saturated carbocycles. The number of aliphatic carboxylic acids is 3. The predicted molar refractivity (Wildman–Crippen MR) is 154 cm³/mol. The third kappa shape index (κ3) is 8.36. The lowest BCUT2D eigenvalue weighted by atomic mass is 9.90. The van der Waals surface area contributed by atoms with Crippen molar-refractivity contribution in [1.82, 2.24) is 15.3 Å². The number of aromatic nitrogens is 2. The molecule has 0 aliphatic rings. The average molecular weight is 597 g/mol. The first-order valence-corrected chi connectivity index (χ1v) is 13.2. The number of rotatable bonds is 15. The number of carbonyl (C=O) groups excluding carboxylic acids is 2. The van der Waals surface area contributed by atoms with Gasteiger partial charge in [0.05, 0.1) is 16.9 Å². The van der Waals surface area contributed by atoms with Crippen LogP contribution in [-0.2, 0) is 25.7 Å². The standard InChI is InChI=1S/C28H32N6O9/c1-2-34(13-14-3-9-20-17(11-14)25(39)33-28(30)32-20)16-6-4-15(5-7-16)24(38)31-21(27(42)43)12-18(26(40)41)23(37)19(29)8-10-22(35)36/h3-7,9,11,18-19,21H,2,8,10,12-13,29H2,1H3,(H,31,38)(H,35,36)(H,40,41)(H,42,43)(H3,30,32,33,39)/t18?,19-,21-/m1/s1. The molecule has 0 radical (unpaired) electrons. The van der Waals surface area contributed by atoms with Gasteiger partial charge in [-0.25, -0.2) is 9.78 Å². The van der Waals surface area contributed by atoms with Crippen LogP contribution in [0.15, 0.2) is 47.3 Å². The Balaban J connectivity index is 1.71. The Morgan fingerprint density at radius 2 is 1.70 bits per heavy atom. The number of anilines is 2. The summed E-state index contributed by atoms with van der Waals surface area (Å²) in [7, 11) is 0. The molecule has 2 aromatic carbocycles. The zero-order valence-electron chi connectivity index (χ0n) is 23.1. The first kappa shape index (κ1) is 32.2. The van der Waals surface area contributed by atoms with Crippen molar-refractivity contribution in [2.45, 2.75) is 44.8 Å². The molecule has 43 heavy (non-hydrogen) atoms. The Hall–Kier alpha value is -5.31. The van der Waals surface area contributed by atoms with Gasteiger partial charge in [0.25, 0.3) is 11.5 Å². The Bertz CT molecular complexity index is 1590. The number of nitrogens with two attached hydrogens (primary N) is 2. The third-order valence-electron chi connectivity index (χ3n) is 6.79. The highest BCUT2D eigenvalue weighted by atomic mass is 16.4. The molecule has 1 heterocycles. The van der Waals surface area contributed by atoms with Gasteiger partial charge in [-0.15, -0.1) is 0 Å². The Morgan fingerprint density at radius 1 is 1.02 bits per heavy atom. The van der Waals surface area contributed by atoms with Gasteiger partial charge in [-0.05, 0) is 61.7 Å². The highest BCUT2D eigenvalue weighted by Crippen LogP contribution is 2.20. The van der Waals surface area contributed by atoms with Gasteiger partial charge in [0.1, 0.15) is 12.0 Å². The number of carboxylic acids is 3. The fourth-order valence-electron chi connectivity index (χ4n) is 4.45. The van der Waals surface area contributed by atoms with Crippen LogP contribution in [0.2, 0.25) is 0 Å². The minimum Gasteiger partial charge on any atom is -0.481 e. The van der Waals surface area contributed by atoms with Crippen LogP contribution in [0, 0.1) is 5.92 Å². The summed E-state index contributed by atoms with van der Waals surface area (Å²) in [4.78, 5) is 80.5. The molecule has 0 bridgehead atoms. The molecule has 15 nitrogen and oxygen atoms in total. The molecule has 3 rings (SSSR count). The molecule has 9 N–H and O–H groups in total. The van der Waals surface area contributed by atoms with Gasteiger partial charge in [-0.3, -0.25) is 29.0 Å². The SMILES string of the molecule is CCN(Cc1ccc2nc(N)[nH]c(=O)c2c1)c1ccc(C(=O)N[C@H](CC(C(=O)O)C(=O)[C@H](N)CCC(=O)O)C(=O)O)cc1. The number of fused-ring (bicyclic) bond motifs is 1. The summed E-state index contributed by atoms with van der Waals surface area (Å²) in [5.74, 6) is -8.13. The van der Waals surface area contributed by atoms with Crippen LogP contribution < -0.4 is 27.2 Å². The number of amides is 1. The molecule has 0 spiro atoms. The molecule has 0 aliphatic carbocycles. The van der Waals surface area contributed by atoms with E-state index < -0.39 is 60.4 Å². The molecule has 1 aromatic heterocycles. The van der Waals surface area contributed by atoms with Gasteiger partial charge in [0.2, 0.25) is 5.95 Å². The first-order valence-electron chi connectivity index (χ1n) is 13.2. The fraction of sp³-hybridized carbons (Fsp3) is 0.321. The van der Waals surface area contributed by atoms with Crippen molar-refractivity contribution in [3.8, 4) is 0 Å². The number of hydrogen-bond acceptors (Lipinski definition) is 10. The van der Waals surface area contributed by atoms with E-state index >= 15 is 0 Å². The average Bonchev–Trinajstić information content (AvgIpc) is 2.96. The van der Waals surface area contributed by atoms with Crippen molar-refractivity contribution in [3.63, 3.8) is 0 Å². The minimum absolute atomic E-state index is 0.0200.